The van der Waals surface area contributed by atoms with E-state index in [1.54, 1.807) is 18.0 Å². The van der Waals surface area contributed by atoms with E-state index < -0.39 is 6.04 Å². The van der Waals surface area contributed by atoms with Crippen LogP contribution in [0.4, 0.5) is 11.4 Å². The summed E-state index contributed by atoms with van der Waals surface area (Å²) in [6.07, 6.45) is 0.432. The smallest absolute Gasteiger partial charge is 0.257 e. The molecule has 2 heterocycles. The number of anilines is 2. The Morgan fingerprint density at radius 1 is 1.19 bits per heavy atom. The molecule has 2 aliphatic rings. The molecule has 3 N–H and O–H groups in total. The number of nitrogens with two attached hydrogens (primary N) is 1. The second-order valence-electron chi connectivity index (χ2n) is 6.62. The molecule has 0 radical (unpaired) electrons. The lowest BCUT2D eigenvalue weighted by Crippen LogP contribution is -2.50. The van der Waals surface area contributed by atoms with Gasteiger partial charge in [0.1, 0.15) is 6.04 Å². The average Bonchev–Trinajstić information content (AvgIpc) is 2.70. The third-order valence-corrected chi connectivity index (χ3v) is 5.13. The molecule has 0 fully saturated rings. The van der Waals surface area contributed by atoms with Gasteiger partial charge in [-0.1, -0.05) is 6.07 Å². The highest BCUT2D eigenvalue weighted by molar-refractivity contribution is 6.11. The van der Waals surface area contributed by atoms with Crippen molar-refractivity contribution in [2.75, 3.05) is 24.8 Å². The molecule has 1 atom stereocenters. The summed E-state index contributed by atoms with van der Waals surface area (Å²) in [5.41, 5.74) is 9.15. The predicted octanol–water partition coefficient (Wildman–Crippen LogP) is 1.53. The number of likely N-dealkylation sites (N-methyl/N-ethyl adjacent to an activating group) is 1. The summed E-state index contributed by atoms with van der Waals surface area (Å²) in [6.45, 7) is 0.312. The van der Waals surface area contributed by atoms with E-state index in [2.05, 4.69) is 0 Å². The van der Waals surface area contributed by atoms with Crippen LogP contribution in [0.3, 0.4) is 0 Å². The minimum Gasteiger partial charge on any atom is -0.504 e. The fraction of sp³-hybridized carbons (Fsp3) is 0.263. The van der Waals surface area contributed by atoms with Crippen LogP contribution in [0.15, 0.2) is 30.3 Å². The maximum absolute atomic E-state index is 13.2. The van der Waals surface area contributed by atoms with Crippen molar-refractivity contribution in [3.05, 3.63) is 47.0 Å². The molecule has 0 bridgehead atoms. The first-order valence-electron chi connectivity index (χ1n) is 8.27. The summed E-state index contributed by atoms with van der Waals surface area (Å²) in [7, 11) is 3.03. The van der Waals surface area contributed by atoms with Crippen LogP contribution < -0.4 is 15.4 Å². The van der Waals surface area contributed by atoms with Crippen LogP contribution in [0.2, 0.25) is 0 Å². The number of aromatic hydroxyl groups is 1. The van der Waals surface area contributed by atoms with Crippen molar-refractivity contribution in [2.24, 2.45) is 0 Å². The number of rotatable bonds is 1. The largest absolute Gasteiger partial charge is 0.504 e. The highest BCUT2D eigenvalue weighted by atomic mass is 16.5. The lowest BCUT2D eigenvalue weighted by molar-refractivity contribution is -0.123. The van der Waals surface area contributed by atoms with Gasteiger partial charge in [0.2, 0.25) is 5.91 Å². The Balaban J connectivity index is 1.86. The van der Waals surface area contributed by atoms with E-state index in [1.165, 1.54) is 24.1 Å². The fourth-order valence-corrected chi connectivity index (χ4v) is 3.70. The lowest BCUT2D eigenvalue weighted by atomic mass is 9.92. The normalized spacial score (nSPS) is 18.8. The van der Waals surface area contributed by atoms with Crippen molar-refractivity contribution in [3.63, 3.8) is 0 Å². The second kappa shape index (κ2) is 5.66. The summed E-state index contributed by atoms with van der Waals surface area (Å²) in [4.78, 5) is 29.2. The number of hydrogen-bond donors (Lipinski definition) is 2. The van der Waals surface area contributed by atoms with Crippen molar-refractivity contribution < 1.29 is 19.4 Å². The zero-order chi connectivity index (χ0) is 18.6. The Morgan fingerprint density at radius 2 is 1.96 bits per heavy atom. The zero-order valence-corrected chi connectivity index (χ0v) is 14.5. The van der Waals surface area contributed by atoms with Crippen LogP contribution in [0.1, 0.15) is 21.5 Å². The maximum atomic E-state index is 13.2. The molecule has 134 valence electrons. The van der Waals surface area contributed by atoms with E-state index in [1.807, 2.05) is 12.1 Å². The summed E-state index contributed by atoms with van der Waals surface area (Å²) in [6, 6.07) is 7.84. The minimum atomic E-state index is -0.593. The third-order valence-electron chi connectivity index (χ3n) is 5.13. The van der Waals surface area contributed by atoms with Crippen LogP contribution in [-0.4, -0.2) is 42.0 Å². The van der Waals surface area contributed by atoms with E-state index in [-0.39, 0.29) is 23.3 Å². The van der Waals surface area contributed by atoms with Crippen LogP contribution in [0.5, 0.6) is 11.5 Å². The number of carbonyl (C=O) groups is 2. The van der Waals surface area contributed by atoms with Gasteiger partial charge >= 0.3 is 0 Å². The van der Waals surface area contributed by atoms with Crippen LogP contribution >= 0.6 is 0 Å². The van der Waals surface area contributed by atoms with Crippen molar-refractivity contribution in [1.29, 1.82) is 0 Å². The van der Waals surface area contributed by atoms with Crippen molar-refractivity contribution >= 4 is 23.2 Å². The number of ether oxygens (including phenoxy) is 1. The van der Waals surface area contributed by atoms with E-state index in [4.69, 9.17) is 10.5 Å². The first-order valence-corrected chi connectivity index (χ1v) is 8.27. The number of phenols is 1. The lowest BCUT2D eigenvalue weighted by Gasteiger charge is -2.35. The van der Waals surface area contributed by atoms with Gasteiger partial charge in [0.05, 0.1) is 18.4 Å². The number of nitrogen functional groups attached to an aromatic ring is 1. The average molecular weight is 353 g/mol. The summed E-state index contributed by atoms with van der Waals surface area (Å²) in [5, 5.41) is 10.1. The SMILES string of the molecule is COc1cc2c(cc1O)N(C)C(=O)[C@@H]1Cc3ccc(N)cc3CN1C2=O. The Labute approximate surface area is 150 Å². The molecule has 26 heavy (non-hydrogen) atoms. The molecule has 0 aromatic heterocycles. The quantitative estimate of drug-likeness (QED) is 0.758. The van der Waals surface area contributed by atoms with Crippen molar-refractivity contribution in [3.8, 4) is 11.5 Å². The van der Waals surface area contributed by atoms with E-state index in [0.717, 1.165) is 11.1 Å². The van der Waals surface area contributed by atoms with Crippen LogP contribution in [0.25, 0.3) is 0 Å². The van der Waals surface area contributed by atoms with Gasteiger partial charge in [-0.05, 0) is 29.3 Å². The molecule has 2 aliphatic heterocycles. The van der Waals surface area contributed by atoms with Gasteiger partial charge in [-0.25, -0.2) is 0 Å². The number of fused-ring (bicyclic) bond motifs is 3. The number of nitrogens with zero attached hydrogens (tertiary/aromatic N) is 2. The Hall–Kier alpha value is -3.22. The van der Waals surface area contributed by atoms with Gasteiger partial charge < -0.3 is 25.4 Å². The Kier molecular flexibility index (Phi) is 3.54. The van der Waals surface area contributed by atoms with Gasteiger partial charge in [0.15, 0.2) is 11.5 Å². The van der Waals surface area contributed by atoms with Gasteiger partial charge in [0.25, 0.3) is 5.91 Å². The van der Waals surface area contributed by atoms with E-state index in [0.29, 0.717) is 29.9 Å². The predicted molar refractivity (Wildman–Crippen MR) is 96.3 cm³/mol. The standard InChI is InChI=1S/C19H19N3O4/c1-21-14-8-16(23)17(26-2)7-13(14)18(24)22-9-11-5-12(20)4-3-10(11)6-15(22)19(21)25/h3-5,7-8,15,23H,6,9,20H2,1-2H3/t15-/m0/s1. The van der Waals surface area contributed by atoms with Crippen LogP contribution in [-0.2, 0) is 17.8 Å². The summed E-state index contributed by atoms with van der Waals surface area (Å²) in [5.74, 6) is -0.383. The van der Waals surface area contributed by atoms with Crippen molar-refractivity contribution in [1.82, 2.24) is 4.90 Å². The third kappa shape index (κ3) is 2.28. The molecule has 0 aliphatic carbocycles. The molecule has 2 amide bonds. The number of hydrogen-bond acceptors (Lipinski definition) is 5. The number of methoxy groups -OCH3 is 1. The molecule has 0 saturated carbocycles. The summed E-state index contributed by atoms with van der Waals surface area (Å²) < 4.78 is 5.13. The molecule has 2 aromatic rings. The van der Waals surface area contributed by atoms with E-state index >= 15 is 0 Å². The molecular formula is C19H19N3O4. The Morgan fingerprint density at radius 3 is 2.69 bits per heavy atom. The van der Waals surface area contributed by atoms with Gasteiger partial charge in [-0.3, -0.25) is 9.59 Å². The topological polar surface area (TPSA) is 96.1 Å². The second-order valence-corrected chi connectivity index (χ2v) is 6.62. The zero-order valence-electron chi connectivity index (χ0n) is 14.5. The molecular weight excluding hydrogens is 334 g/mol. The number of phenolic OH excluding ortho intramolecular Hbond substituents is 1. The van der Waals surface area contributed by atoms with Gasteiger partial charge in [0, 0.05) is 31.8 Å². The fourth-order valence-electron chi connectivity index (χ4n) is 3.70. The van der Waals surface area contributed by atoms with Crippen LogP contribution in [0, 0.1) is 0 Å². The van der Waals surface area contributed by atoms with E-state index in [9.17, 15) is 14.7 Å². The summed E-state index contributed by atoms with van der Waals surface area (Å²) >= 11 is 0. The molecule has 7 heteroatoms. The number of benzene rings is 2. The number of carbonyl (C=O) groups excluding carboxylic acids is 2. The highest BCUT2D eigenvalue weighted by Gasteiger charge is 2.41. The molecule has 4 rings (SSSR count). The molecule has 2 aromatic carbocycles. The van der Waals surface area contributed by atoms with Gasteiger partial charge in [-0.15, -0.1) is 0 Å². The monoisotopic (exact) mass is 353 g/mol. The first-order chi connectivity index (χ1) is 12.4. The van der Waals surface area contributed by atoms with Gasteiger partial charge in [-0.2, -0.15) is 0 Å². The maximum Gasteiger partial charge on any atom is 0.257 e. The van der Waals surface area contributed by atoms with Crippen molar-refractivity contribution in [2.45, 2.75) is 19.0 Å². The Bertz CT molecular complexity index is 941. The molecule has 7 nitrogen and oxygen atoms in total. The molecule has 0 unspecified atom stereocenters. The molecule has 0 spiro atoms. The number of amides is 2. The first kappa shape index (κ1) is 16.3. The minimum absolute atomic E-state index is 0.116. The molecule has 0 saturated heterocycles. The highest BCUT2D eigenvalue weighted by Crippen LogP contribution is 2.39.